The highest BCUT2D eigenvalue weighted by atomic mass is 35.5. The largest absolute Gasteiger partial charge is 0.370 e. The maximum Gasteiger partial charge on any atom is 0.341 e. The molecule has 110 valence electrons. The van der Waals surface area contributed by atoms with Crippen molar-refractivity contribution in [3.63, 3.8) is 0 Å². The van der Waals surface area contributed by atoms with Crippen molar-refractivity contribution in [2.45, 2.75) is 19.3 Å². The number of fused-ring (bicyclic) bond motifs is 1. The molecule has 5 nitrogen and oxygen atoms in total. The Bertz CT molecular complexity index is 711. The van der Waals surface area contributed by atoms with E-state index in [0.717, 1.165) is 31.4 Å². The van der Waals surface area contributed by atoms with E-state index in [1.54, 1.807) is 18.2 Å². The molecular weight excluding hydrogens is 311 g/mol. The number of hydrogen-bond donors (Lipinski definition) is 2. The van der Waals surface area contributed by atoms with Gasteiger partial charge in [-0.25, -0.2) is 4.79 Å². The number of nitrogens with two attached hydrogens (primary N) is 1. The summed E-state index contributed by atoms with van der Waals surface area (Å²) in [5.74, 6) is 0.658. The molecular formula is C14H14Cl2N4O. The van der Waals surface area contributed by atoms with Crippen molar-refractivity contribution in [3.8, 4) is 11.3 Å². The Morgan fingerprint density at radius 3 is 2.90 bits per heavy atom. The van der Waals surface area contributed by atoms with E-state index in [-0.39, 0.29) is 0 Å². The fraction of sp³-hybridized carbons (Fsp3) is 0.286. The van der Waals surface area contributed by atoms with Crippen LogP contribution < -0.4 is 11.1 Å². The average molecular weight is 325 g/mol. The number of aromatic nitrogens is 2. The fourth-order valence-corrected chi connectivity index (χ4v) is 2.94. The lowest BCUT2D eigenvalue weighted by molar-refractivity contribution is 0.248. The average Bonchev–Trinajstić information content (AvgIpc) is 2.64. The monoisotopic (exact) mass is 324 g/mol. The molecule has 1 aromatic carbocycles. The third-order valence-corrected chi connectivity index (χ3v) is 4.09. The number of nitrogens with zero attached hydrogens (tertiary/aromatic N) is 2. The van der Waals surface area contributed by atoms with Crippen molar-refractivity contribution in [2.75, 3.05) is 11.9 Å². The van der Waals surface area contributed by atoms with Crippen LogP contribution >= 0.6 is 23.2 Å². The number of primary amides is 1. The molecule has 0 atom stereocenters. The minimum Gasteiger partial charge on any atom is -0.370 e. The molecule has 0 saturated heterocycles. The smallest absolute Gasteiger partial charge is 0.341 e. The second-order valence-electron chi connectivity index (χ2n) is 4.93. The van der Waals surface area contributed by atoms with Crippen LogP contribution in [0, 0.1) is 0 Å². The Labute approximate surface area is 132 Å². The van der Waals surface area contributed by atoms with Gasteiger partial charge in [0.15, 0.2) is 0 Å². The number of carbonyl (C=O) groups is 1. The van der Waals surface area contributed by atoms with Crippen LogP contribution in [-0.4, -0.2) is 22.4 Å². The van der Waals surface area contributed by atoms with E-state index in [0.29, 0.717) is 27.1 Å². The Morgan fingerprint density at radius 2 is 2.14 bits per heavy atom. The van der Waals surface area contributed by atoms with E-state index in [4.69, 9.17) is 28.9 Å². The molecule has 0 bridgehead atoms. The zero-order valence-corrected chi connectivity index (χ0v) is 12.7. The molecule has 1 aliphatic rings. The number of anilines is 1. The summed E-state index contributed by atoms with van der Waals surface area (Å²) in [6.07, 6.45) is 2.85. The van der Waals surface area contributed by atoms with Crippen molar-refractivity contribution in [3.05, 3.63) is 33.8 Å². The summed E-state index contributed by atoms with van der Waals surface area (Å²) >= 11 is 12.3. The van der Waals surface area contributed by atoms with Crippen LogP contribution in [0.15, 0.2) is 18.2 Å². The summed E-state index contributed by atoms with van der Waals surface area (Å²) in [5, 5.41) is 8.67. The number of carbonyl (C=O) groups excluding carboxylic acids is 1. The SMILES string of the molecule is NC(=O)n1nc(-c2cc(Cl)ccc2Cl)c2c1NCCCC2. The molecule has 1 aliphatic heterocycles. The van der Waals surface area contributed by atoms with Gasteiger partial charge in [0.25, 0.3) is 0 Å². The summed E-state index contributed by atoms with van der Waals surface area (Å²) in [6.45, 7) is 0.786. The van der Waals surface area contributed by atoms with Gasteiger partial charge in [-0.15, -0.1) is 0 Å². The van der Waals surface area contributed by atoms with Crippen LogP contribution in [0.4, 0.5) is 10.6 Å². The van der Waals surface area contributed by atoms with E-state index in [1.165, 1.54) is 4.68 Å². The molecule has 21 heavy (non-hydrogen) atoms. The lowest BCUT2D eigenvalue weighted by Crippen LogP contribution is -2.23. The highest BCUT2D eigenvalue weighted by molar-refractivity contribution is 6.35. The first-order valence-corrected chi connectivity index (χ1v) is 7.44. The molecule has 1 aromatic heterocycles. The van der Waals surface area contributed by atoms with Gasteiger partial charge >= 0.3 is 6.03 Å². The number of halogens is 2. The summed E-state index contributed by atoms with van der Waals surface area (Å²) < 4.78 is 1.20. The number of nitrogens with one attached hydrogen (secondary N) is 1. The van der Waals surface area contributed by atoms with Crippen molar-refractivity contribution in [1.29, 1.82) is 0 Å². The zero-order chi connectivity index (χ0) is 15.0. The molecule has 0 fully saturated rings. The first-order valence-electron chi connectivity index (χ1n) is 6.69. The summed E-state index contributed by atoms with van der Waals surface area (Å²) in [7, 11) is 0. The molecule has 0 saturated carbocycles. The Morgan fingerprint density at radius 1 is 1.33 bits per heavy atom. The summed E-state index contributed by atoms with van der Waals surface area (Å²) in [5.41, 5.74) is 7.74. The topological polar surface area (TPSA) is 72.9 Å². The van der Waals surface area contributed by atoms with E-state index in [2.05, 4.69) is 10.4 Å². The lowest BCUT2D eigenvalue weighted by Gasteiger charge is -2.05. The quantitative estimate of drug-likeness (QED) is 0.842. The van der Waals surface area contributed by atoms with Crippen LogP contribution in [0.5, 0.6) is 0 Å². The molecule has 0 aliphatic carbocycles. The number of hydrogen-bond acceptors (Lipinski definition) is 3. The molecule has 0 spiro atoms. The van der Waals surface area contributed by atoms with Crippen LogP contribution in [0.3, 0.4) is 0 Å². The summed E-state index contributed by atoms with van der Waals surface area (Å²) in [6, 6.07) is 4.57. The Hall–Kier alpha value is -1.72. The van der Waals surface area contributed by atoms with E-state index >= 15 is 0 Å². The van der Waals surface area contributed by atoms with Gasteiger partial charge in [0.1, 0.15) is 5.82 Å². The second kappa shape index (κ2) is 5.58. The molecule has 1 amide bonds. The maximum atomic E-state index is 11.6. The first-order chi connectivity index (χ1) is 10.1. The van der Waals surface area contributed by atoms with Crippen molar-refractivity contribution in [2.24, 2.45) is 5.73 Å². The van der Waals surface area contributed by atoms with Crippen molar-refractivity contribution < 1.29 is 4.79 Å². The normalized spacial score (nSPS) is 14.2. The third kappa shape index (κ3) is 2.59. The molecule has 2 aromatic rings. The molecule has 0 unspecified atom stereocenters. The highest BCUT2D eigenvalue weighted by Crippen LogP contribution is 2.36. The van der Waals surface area contributed by atoms with E-state index in [9.17, 15) is 4.79 Å². The predicted molar refractivity (Wildman–Crippen MR) is 84.1 cm³/mol. The standard InChI is InChI=1S/C14H14Cl2N4O/c15-8-4-5-11(16)10(7-8)12-9-3-1-2-6-18-13(9)20(19-12)14(17)21/h4-5,7,18H,1-3,6H2,(H2,17,21). The van der Waals surface area contributed by atoms with Gasteiger partial charge in [-0.3, -0.25) is 0 Å². The summed E-state index contributed by atoms with van der Waals surface area (Å²) in [4.78, 5) is 11.6. The molecule has 3 N–H and O–H groups in total. The Balaban J connectivity index is 2.23. The van der Waals surface area contributed by atoms with E-state index in [1.807, 2.05) is 0 Å². The number of amides is 1. The minimum atomic E-state index is -0.620. The van der Waals surface area contributed by atoms with E-state index < -0.39 is 6.03 Å². The fourth-order valence-electron chi connectivity index (χ4n) is 2.56. The van der Waals surface area contributed by atoms with Gasteiger partial charge in [0.2, 0.25) is 0 Å². The van der Waals surface area contributed by atoms with Gasteiger partial charge in [0.05, 0.1) is 10.7 Å². The Kier molecular flexibility index (Phi) is 3.78. The number of benzene rings is 1. The van der Waals surface area contributed by atoms with Crippen LogP contribution in [0.1, 0.15) is 18.4 Å². The second-order valence-corrected chi connectivity index (χ2v) is 5.78. The maximum absolute atomic E-state index is 11.6. The lowest BCUT2D eigenvalue weighted by atomic mass is 10.0. The van der Waals surface area contributed by atoms with Gasteiger partial charge < -0.3 is 11.1 Å². The molecule has 2 heterocycles. The van der Waals surface area contributed by atoms with Gasteiger partial charge in [0, 0.05) is 22.7 Å². The van der Waals surface area contributed by atoms with Crippen molar-refractivity contribution in [1.82, 2.24) is 9.78 Å². The molecule has 7 heteroatoms. The van der Waals surface area contributed by atoms with Crippen LogP contribution in [-0.2, 0) is 6.42 Å². The molecule has 0 radical (unpaired) electrons. The predicted octanol–water partition coefficient (Wildman–Crippen LogP) is 3.53. The minimum absolute atomic E-state index is 0.542. The van der Waals surface area contributed by atoms with Crippen LogP contribution in [0.2, 0.25) is 10.0 Å². The van der Waals surface area contributed by atoms with Gasteiger partial charge in [-0.2, -0.15) is 9.78 Å². The highest BCUT2D eigenvalue weighted by Gasteiger charge is 2.24. The van der Waals surface area contributed by atoms with Gasteiger partial charge in [-0.05, 0) is 37.5 Å². The van der Waals surface area contributed by atoms with Crippen LogP contribution in [0.25, 0.3) is 11.3 Å². The van der Waals surface area contributed by atoms with Crippen molar-refractivity contribution >= 4 is 35.1 Å². The van der Waals surface area contributed by atoms with Gasteiger partial charge in [-0.1, -0.05) is 23.2 Å². The molecule has 3 rings (SSSR count). The first kappa shape index (κ1) is 14.2. The third-order valence-electron chi connectivity index (χ3n) is 3.52. The number of rotatable bonds is 1. The zero-order valence-electron chi connectivity index (χ0n) is 11.2.